The number of carbonyl (C=O) groups is 2. The molecule has 3 aromatic carbocycles. The van der Waals surface area contributed by atoms with Gasteiger partial charge in [0.1, 0.15) is 17.3 Å². The van der Waals surface area contributed by atoms with Gasteiger partial charge in [-0.05, 0) is 73.5 Å². The number of carbonyl (C=O) groups excluding carboxylic acids is 2. The van der Waals surface area contributed by atoms with Crippen molar-refractivity contribution in [2.75, 3.05) is 11.5 Å². The summed E-state index contributed by atoms with van der Waals surface area (Å²) >= 11 is 0. The zero-order valence-electron chi connectivity index (χ0n) is 19.3. The van der Waals surface area contributed by atoms with Gasteiger partial charge < -0.3 is 14.9 Å². The first-order valence-electron chi connectivity index (χ1n) is 11.0. The van der Waals surface area contributed by atoms with Gasteiger partial charge in [-0.25, -0.2) is 0 Å². The van der Waals surface area contributed by atoms with E-state index >= 15 is 0 Å². The largest absolute Gasteiger partial charge is 0.508 e. The molecule has 1 saturated heterocycles. The van der Waals surface area contributed by atoms with Crippen LogP contribution in [0.1, 0.15) is 35.2 Å². The van der Waals surface area contributed by atoms with Gasteiger partial charge in [0.05, 0.1) is 23.8 Å². The minimum absolute atomic E-state index is 0.0862. The van der Waals surface area contributed by atoms with E-state index in [1.54, 1.807) is 19.1 Å². The molecule has 1 fully saturated rings. The molecule has 1 aliphatic heterocycles. The second kappa shape index (κ2) is 9.41. The molecule has 1 unspecified atom stereocenters. The number of hydrogen-bond acceptors (Lipinski definition) is 5. The topological polar surface area (TPSA) is 87.1 Å². The molecule has 0 spiro atoms. The van der Waals surface area contributed by atoms with Crippen molar-refractivity contribution in [1.82, 2.24) is 0 Å². The van der Waals surface area contributed by atoms with Crippen LogP contribution in [-0.4, -0.2) is 28.5 Å². The van der Waals surface area contributed by atoms with E-state index < -0.39 is 35.2 Å². The molecule has 3 aromatic rings. The summed E-state index contributed by atoms with van der Waals surface area (Å²) in [6, 6.07) is 13.1. The molecule has 186 valence electrons. The van der Waals surface area contributed by atoms with E-state index in [1.807, 2.05) is 6.92 Å². The average Bonchev–Trinajstić information content (AvgIpc) is 3.10. The van der Waals surface area contributed by atoms with Gasteiger partial charge in [0.15, 0.2) is 0 Å². The van der Waals surface area contributed by atoms with Crippen molar-refractivity contribution in [2.24, 2.45) is 0 Å². The number of aromatic hydroxyl groups is 1. The lowest BCUT2D eigenvalue weighted by Crippen LogP contribution is -2.29. The van der Waals surface area contributed by atoms with Crippen LogP contribution in [0.15, 0.2) is 72.3 Å². The van der Waals surface area contributed by atoms with Crippen LogP contribution >= 0.6 is 0 Å². The Morgan fingerprint density at radius 2 is 1.72 bits per heavy atom. The zero-order valence-corrected chi connectivity index (χ0v) is 19.3. The van der Waals surface area contributed by atoms with Crippen LogP contribution in [0.2, 0.25) is 0 Å². The van der Waals surface area contributed by atoms with Crippen molar-refractivity contribution in [3.63, 3.8) is 0 Å². The Hall–Kier alpha value is -4.27. The fraction of sp³-hybridized carbons (Fsp3) is 0.185. The van der Waals surface area contributed by atoms with E-state index in [-0.39, 0.29) is 22.6 Å². The maximum absolute atomic E-state index is 13.4. The number of hydrogen-bond donors (Lipinski definition) is 2. The van der Waals surface area contributed by atoms with Gasteiger partial charge in [0.2, 0.25) is 0 Å². The molecule has 0 radical (unpaired) electrons. The van der Waals surface area contributed by atoms with Crippen molar-refractivity contribution in [1.29, 1.82) is 0 Å². The molecule has 0 aliphatic carbocycles. The summed E-state index contributed by atoms with van der Waals surface area (Å²) in [5, 5.41) is 20.9. The zero-order chi connectivity index (χ0) is 26.2. The maximum atomic E-state index is 13.4. The molecule has 6 nitrogen and oxygen atoms in total. The van der Waals surface area contributed by atoms with E-state index in [1.165, 1.54) is 36.4 Å². The van der Waals surface area contributed by atoms with E-state index in [2.05, 4.69) is 0 Å². The first-order chi connectivity index (χ1) is 17.0. The number of aliphatic hydroxyl groups excluding tert-OH is 1. The number of ketones is 1. The summed E-state index contributed by atoms with van der Waals surface area (Å²) in [7, 11) is 0. The third kappa shape index (κ3) is 4.51. The number of phenolic OH excluding ortho intramolecular Hbond substituents is 1. The standard InChI is InChI=1S/C27H22F3NO5/c1-3-36-21-12-9-17(13-15(21)2)24(33)22-23(16-7-10-20(32)11-8-16)31(26(35)25(22)34)19-6-4-5-18(14-19)27(28,29)30/h4-14,23,32-33H,3H2,1-2H3/b24-22+. The maximum Gasteiger partial charge on any atom is 0.416 e. The van der Waals surface area contributed by atoms with Crippen LogP contribution in [0.5, 0.6) is 11.5 Å². The molecule has 0 saturated carbocycles. The molecule has 36 heavy (non-hydrogen) atoms. The molecule has 0 bridgehead atoms. The summed E-state index contributed by atoms with van der Waals surface area (Å²) in [5.74, 6) is -2.12. The van der Waals surface area contributed by atoms with E-state index in [0.29, 0.717) is 23.5 Å². The van der Waals surface area contributed by atoms with Gasteiger partial charge in [-0.15, -0.1) is 0 Å². The molecule has 4 rings (SSSR count). The molecule has 1 aliphatic rings. The first-order valence-corrected chi connectivity index (χ1v) is 11.0. The fourth-order valence-corrected chi connectivity index (χ4v) is 4.17. The minimum atomic E-state index is -4.67. The second-order valence-electron chi connectivity index (χ2n) is 8.22. The molecule has 1 amide bonds. The lowest BCUT2D eigenvalue weighted by atomic mass is 9.94. The number of rotatable bonds is 5. The van der Waals surface area contributed by atoms with E-state index in [9.17, 15) is 33.0 Å². The van der Waals surface area contributed by atoms with Gasteiger partial charge in [-0.3, -0.25) is 14.5 Å². The van der Waals surface area contributed by atoms with Crippen molar-refractivity contribution < 1.29 is 37.7 Å². The van der Waals surface area contributed by atoms with Gasteiger partial charge in [0.25, 0.3) is 11.7 Å². The van der Waals surface area contributed by atoms with Crippen molar-refractivity contribution in [3.8, 4) is 11.5 Å². The fourth-order valence-electron chi connectivity index (χ4n) is 4.17. The Morgan fingerprint density at radius 1 is 1.03 bits per heavy atom. The average molecular weight is 497 g/mol. The Labute approximate surface area is 204 Å². The lowest BCUT2D eigenvalue weighted by molar-refractivity contribution is -0.137. The van der Waals surface area contributed by atoms with Crippen LogP contribution in [0.4, 0.5) is 18.9 Å². The highest BCUT2D eigenvalue weighted by atomic mass is 19.4. The summed E-state index contributed by atoms with van der Waals surface area (Å²) < 4.78 is 45.7. The molecule has 1 heterocycles. The summed E-state index contributed by atoms with van der Waals surface area (Å²) in [5.41, 5.74) is -0.211. The normalized spacial score (nSPS) is 17.5. The number of halogens is 3. The van der Waals surface area contributed by atoms with Crippen LogP contribution < -0.4 is 9.64 Å². The summed E-state index contributed by atoms with van der Waals surface area (Å²) in [6.45, 7) is 4.00. The number of aryl methyl sites for hydroxylation is 1. The number of amides is 1. The number of alkyl halides is 3. The van der Waals surface area contributed by atoms with Gasteiger partial charge in [0, 0.05) is 11.3 Å². The van der Waals surface area contributed by atoms with Crippen LogP contribution in [0.3, 0.4) is 0 Å². The predicted octanol–water partition coefficient (Wildman–Crippen LogP) is 5.74. The Bertz CT molecular complexity index is 1360. The number of ether oxygens (including phenoxy) is 1. The predicted molar refractivity (Wildman–Crippen MR) is 127 cm³/mol. The number of Topliss-reactive ketones (excluding diaryl/α,β-unsaturated/α-hetero) is 1. The van der Waals surface area contributed by atoms with Gasteiger partial charge in [-0.2, -0.15) is 13.2 Å². The quantitative estimate of drug-likeness (QED) is 0.267. The summed E-state index contributed by atoms with van der Waals surface area (Å²) in [4.78, 5) is 27.3. The van der Waals surface area contributed by atoms with Crippen molar-refractivity contribution >= 4 is 23.1 Å². The van der Waals surface area contributed by atoms with Crippen LogP contribution in [0, 0.1) is 6.92 Å². The minimum Gasteiger partial charge on any atom is -0.508 e. The number of nitrogens with zero attached hydrogens (tertiary/aromatic N) is 1. The molecule has 1 atom stereocenters. The SMILES string of the molecule is CCOc1ccc(/C(O)=C2\C(=O)C(=O)N(c3cccc(C(F)(F)F)c3)C2c2ccc(O)cc2)cc1C. The third-order valence-electron chi connectivity index (χ3n) is 5.85. The molecule has 0 aromatic heterocycles. The monoisotopic (exact) mass is 497 g/mol. The smallest absolute Gasteiger partial charge is 0.416 e. The second-order valence-corrected chi connectivity index (χ2v) is 8.22. The van der Waals surface area contributed by atoms with Gasteiger partial charge >= 0.3 is 6.18 Å². The number of benzene rings is 3. The molecular weight excluding hydrogens is 475 g/mol. The number of anilines is 1. The first kappa shape index (κ1) is 24.8. The van der Waals surface area contributed by atoms with Crippen molar-refractivity contribution in [2.45, 2.75) is 26.1 Å². The molecule has 9 heteroatoms. The van der Waals surface area contributed by atoms with E-state index in [4.69, 9.17) is 4.74 Å². The Morgan fingerprint density at radius 3 is 2.33 bits per heavy atom. The van der Waals surface area contributed by atoms with Crippen molar-refractivity contribution in [3.05, 3.63) is 94.6 Å². The molecular formula is C27H22F3NO5. The Balaban J connectivity index is 1.92. The molecule has 2 N–H and O–H groups in total. The highest BCUT2D eigenvalue weighted by Crippen LogP contribution is 2.44. The lowest BCUT2D eigenvalue weighted by Gasteiger charge is -2.26. The highest BCUT2D eigenvalue weighted by Gasteiger charge is 2.47. The third-order valence-corrected chi connectivity index (χ3v) is 5.85. The van der Waals surface area contributed by atoms with E-state index in [0.717, 1.165) is 23.1 Å². The number of phenols is 1. The van der Waals surface area contributed by atoms with Crippen LogP contribution in [-0.2, 0) is 15.8 Å². The summed E-state index contributed by atoms with van der Waals surface area (Å²) in [6.07, 6.45) is -4.67. The van der Waals surface area contributed by atoms with Crippen LogP contribution in [0.25, 0.3) is 5.76 Å². The van der Waals surface area contributed by atoms with Gasteiger partial charge in [-0.1, -0.05) is 18.2 Å². The highest BCUT2D eigenvalue weighted by molar-refractivity contribution is 6.51. The Kier molecular flexibility index (Phi) is 6.49. The number of aliphatic hydroxyl groups is 1.